The van der Waals surface area contributed by atoms with E-state index in [0.29, 0.717) is 11.3 Å². The van der Waals surface area contributed by atoms with Gasteiger partial charge in [-0.05, 0) is 22.0 Å². The van der Waals surface area contributed by atoms with E-state index in [1.807, 2.05) is 0 Å². The SMILES string of the molecule is COC(=O)COCC(N)c1cc(Br)c(F)cc1OC. The number of rotatable bonds is 6. The molecule has 1 aromatic rings. The first-order valence-electron chi connectivity index (χ1n) is 5.42. The quantitative estimate of drug-likeness (QED) is 0.802. The molecule has 7 heteroatoms. The molecule has 0 bridgehead atoms. The molecule has 1 atom stereocenters. The third-order valence-corrected chi connectivity index (χ3v) is 3.02. The number of benzene rings is 1. The van der Waals surface area contributed by atoms with Crippen LogP contribution >= 0.6 is 15.9 Å². The van der Waals surface area contributed by atoms with Gasteiger partial charge in [0.2, 0.25) is 0 Å². The Hall–Kier alpha value is -1.18. The predicted octanol–water partition coefficient (Wildman–Crippen LogP) is 1.79. The standard InChI is InChI=1S/C12H15BrFNO4/c1-17-11-4-9(14)8(13)3-7(11)10(15)5-19-6-12(16)18-2/h3-4,10H,5-6,15H2,1-2H3. The molecule has 0 saturated carbocycles. The fourth-order valence-corrected chi connectivity index (χ4v) is 1.79. The maximum absolute atomic E-state index is 13.4. The van der Waals surface area contributed by atoms with E-state index < -0.39 is 17.8 Å². The van der Waals surface area contributed by atoms with E-state index in [4.69, 9.17) is 15.2 Å². The molecule has 0 fully saturated rings. The van der Waals surface area contributed by atoms with Crippen LogP contribution in [0.5, 0.6) is 5.75 Å². The van der Waals surface area contributed by atoms with Crippen molar-refractivity contribution in [2.45, 2.75) is 6.04 Å². The maximum Gasteiger partial charge on any atom is 0.331 e. The molecular formula is C12H15BrFNO4. The number of halogens is 2. The van der Waals surface area contributed by atoms with Gasteiger partial charge in [0.05, 0.1) is 31.3 Å². The van der Waals surface area contributed by atoms with Crippen molar-refractivity contribution < 1.29 is 23.4 Å². The van der Waals surface area contributed by atoms with E-state index in [0.717, 1.165) is 0 Å². The lowest BCUT2D eigenvalue weighted by molar-refractivity contribution is -0.146. The molecule has 0 aliphatic rings. The first-order chi connectivity index (χ1) is 8.99. The van der Waals surface area contributed by atoms with Crippen molar-refractivity contribution in [1.82, 2.24) is 0 Å². The molecule has 0 aliphatic heterocycles. The molecule has 1 unspecified atom stereocenters. The van der Waals surface area contributed by atoms with E-state index in [2.05, 4.69) is 20.7 Å². The molecule has 0 spiro atoms. The third kappa shape index (κ3) is 4.45. The van der Waals surface area contributed by atoms with Crippen LogP contribution in [-0.4, -0.2) is 33.4 Å². The Morgan fingerprint density at radius 3 is 2.74 bits per heavy atom. The molecule has 0 heterocycles. The summed E-state index contributed by atoms with van der Waals surface area (Å²) < 4.78 is 28.2. The van der Waals surface area contributed by atoms with Gasteiger partial charge in [-0.25, -0.2) is 9.18 Å². The minimum Gasteiger partial charge on any atom is -0.496 e. The molecule has 0 aromatic heterocycles. The maximum atomic E-state index is 13.4. The average Bonchev–Trinajstić information content (AvgIpc) is 2.40. The largest absolute Gasteiger partial charge is 0.496 e. The minimum atomic E-state index is -0.545. The highest BCUT2D eigenvalue weighted by atomic mass is 79.9. The Labute approximate surface area is 118 Å². The van der Waals surface area contributed by atoms with Gasteiger partial charge in [-0.15, -0.1) is 0 Å². The van der Waals surface area contributed by atoms with Crippen LogP contribution in [0.25, 0.3) is 0 Å². The predicted molar refractivity (Wildman–Crippen MR) is 70.4 cm³/mol. The highest BCUT2D eigenvalue weighted by Crippen LogP contribution is 2.30. The second-order valence-electron chi connectivity index (χ2n) is 3.71. The highest BCUT2D eigenvalue weighted by Gasteiger charge is 2.16. The number of ether oxygens (including phenoxy) is 3. The Bertz CT molecular complexity index is 456. The fourth-order valence-electron chi connectivity index (χ4n) is 1.43. The van der Waals surface area contributed by atoms with Gasteiger partial charge in [0.25, 0.3) is 0 Å². The van der Waals surface area contributed by atoms with Crippen molar-refractivity contribution in [2.24, 2.45) is 5.73 Å². The number of nitrogens with two attached hydrogens (primary N) is 1. The normalized spacial score (nSPS) is 12.1. The minimum absolute atomic E-state index is 0.0868. The lowest BCUT2D eigenvalue weighted by Gasteiger charge is -2.16. The monoisotopic (exact) mass is 335 g/mol. The number of carbonyl (C=O) groups excluding carboxylic acids is 1. The van der Waals surface area contributed by atoms with Crippen LogP contribution in [0.15, 0.2) is 16.6 Å². The van der Waals surface area contributed by atoms with Crippen molar-refractivity contribution in [1.29, 1.82) is 0 Å². The summed E-state index contributed by atoms with van der Waals surface area (Å²) in [4.78, 5) is 10.9. The molecule has 0 saturated heterocycles. The second kappa shape index (κ2) is 7.42. The summed E-state index contributed by atoms with van der Waals surface area (Å²) in [5.74, 6) is -0.599. The fraction of sp³-hybridized carbons (Fsp3) is 0.417. The van der Waals surface area contributed by atoms with Crippen molar-refractivity contribution in [3.8, 4) is 5.75 Å². The van der Waals surface area contributed by atoms with Crippen LogP contribution in [-0.2, 0) is 14.3 Å². The number of hydrogen-bond donors (Lipinski definition) is 1. The Kier molecular flexibility index (Phi) is 6.20. The molecule has 0 aliphatic carbocycles. The number of esters is 1. The summed E-state index contributed by atoms with van der Waals surface area (Å²) >= 11 is 3.08. The van der Waals surface area contributed by atoms with Crippen LogP contribution < -0.4 is 10.5 Å². The third-order valence-electron chi connectivity index (χ3n) is 2.42. The number of methoxy groups -OCH3 is 2. The van der Waals surface area contributed by atoms with Crippen LogP contribution in [0.2, 0.25) is 0 Å². The summed E-state index contributed by atoms with van der Waals surface area (Å²) in [7, 11) is 2.69. The van der Waals surface area contributed by atoms with E-state index in [1.54, 1.807) is 0 Å². The molecule has 106 valence electrons. The molecule has 5 nitrogen and oxygen atoms in total. The van der Waals surface area contributed by atoms with Crippen molar-refractivity contribution in [3.05, 3.63) is 28.0 Å². The zero-order valence-corrected chi connectivity index (χ0v) is 12.2. The van der Waals surface area contributed by atoms with Gasteiger partial charge in [-0.2, -0.15) is 0 Å². The Morgan fingerprint density at radius 1 is 1.47 bits per heavy atom. The highest BCUT2D eigenvalue weighted by molar-refractivity contribution is 9.10. The average molecular weight is 336 g/mol. The molecule has 19 heavy (non-hydrogen) atoms. The van der Waals surface area contributed by atoms with Crippen LogP contribution in [0, 0.1) is 5.82 Å². The summed E-state index contributed by atoms with van der Waals surface area (Å²) in [6.45, 7) is -0.0988. The van der Waals surface area contributed by atoms with E-state index >= 15 is 0 Å². The van der Waals surface area contributed by atoms with Gasteiger partial charge < -0.3 is 19.9 Å². The Morgan fingerprint density at radius 2 is 2.16 bits per heavy atom. The summed E-state index contributed by atoms with van der Waals surface area (Å²) in [5, 5.41) is 0. The van der Waals surface area contributed by atoms with Gasteiger partial charge in [0.1, 0.15) is 18.2 Å². The van der Waals surface area contributed by atoms with Gasteiger partial charge in [0.15, 0.2) is 0 Å². The lowest BCUT2D eigenvalue weighted by atomic mass is 10.1. The molecule has 2 N–H and O–H groups in total. The molecule has 0 amide bonds. The number of carbonyl (C=O) groups is 1. The topological polar surface area (TPSA) is 70.8 Å². The van der Waals surface area contributed by atoms with Crippen LogP contribution in [0.1, 0.15) is 11.6 Å². The van der Waals surface area contributed by atoms with Crippen molar-refractivity contribution >= 4 is 21.9 Å². The van der Waals surface area contributed by atoms with Gasteiger partial charge in [-0.3, -0.25) is 0 Å². The summed E-state index contributed by atoms with van der Waals surface area (Å²) in [5.41, 5.74) is 6.50. The summed E-state index contributed by atoms with van der Waals surface area (Å²) in [6.07, 6.45) is 0. The van der Waals surface area contributed by atoms with Crippen molar-refractivity contribution in [2.75, 3.05) is 27.4 Å². The van der Waals surface area contributed by atoms with Gasteiger partial charge in [0, 0.05) is 11.6 Å². The smallest absolute Gasteiger partial charge is 0.331 e. The van der Waals surface area contributed by atoms with E-state index in [-0.39, 0.29) is 17.7 Å². The number of hydrogen-bond acceptors (Lipinski definition) is 5. The molecule has 0 radical (unpaired) electrons. The molecular weight excluding hydrogens is 321 g/mol. The van der Waals surface area contributed by atoms with Crippen LogP contribution in [0.3, 0.4) is 0 Å². The van der Waals surface area contributed by atoms with E-state index in [1.165, 1.54) is 26.4 Å². The zero-order chi connectivity index (χ0) is 14.4. The molecule has 1 aromatic carbocycles. The molecule has 1 rings (SSSR count). The lowest BCUT2D eigenvalue weighted by Crippen LogP contribution is -2.21. The first kappa shape index (κ1) is 15.9. The first-order valence-corrected chi connectivity index (χ1v) is 6.22. The van der Waals surface area contributed by atoms with Crippen LogP contribution in [0.4, 0.5) is 4.39 Å². The van der Waals surface area contributed by atoms with Crippen molar-refractivity contribution in [3.63, 3.8) is 0 Å². The van der Waals surface area contributed by atoms with Gasteiger partial charge in [-0.1, -0.05) is 0 Å². The second-order valence-corrected chi connectivity index (χ2v) is 4.56. The van der Waals surface area contributed by atoms with E-state index in [9.17, 15) is 9.18 Å². The van der Waals surface area contributed by atoms with Gasteiger partial charge >= 0.3 is 5.97 Å². The summed E-state index contributed by atoms with van der Waals surface area (Å²) in [6, 6.07) is 2.22. The Balaban J connectivity index is 2.73. The zero-order valence-electron chi connectivity index (χ0n) is 10.6.